The van der Waals surface area contributed by atoms with E-state index in [1.54, 1.807) is 36.4 Å². The number of esters is 1. The van der Waals surface area contributed by atoms with Crippen molar-refractivity contribution < 1.29 is 13.9 Å². The van der Waals surface area contributed by atoms with Gasteiger partial charge in [0.05, 0.1) is 10.8 Å². The Morgan fingerprint density at radius 2 is 1.70 bits per heavy atom. The van der Waals surface area contributed by atoms with E-state index in [9.17, 15) is 9.59 Å². The van der Waals surface area contributed by atoms with E-state index in [2.05, 4.69) is 20.8 Å². The van der Waals surface area contributed by atoms with E-state index in [1.807, 2.05) is 6.07 Å². The Morgan fingerprint density at radius 1 is 0.963 bits per heavy atom. The second-order valence-electron chi connectivity index (χ2n) is 8.18. The van der Waals surface area contributed by atoms with Gasteiger partial charge in [0.1, 0.15) is 16.9 Å². The van der Waals surface area contributed by atoms with Crippen molar-refractivity contribution in [1.82, 2.24) is 0 Å². The molecule has 0 unspecified atom stereocenters. The highest BCUT2D eigenvalue weighted by Gasteiger charge is 2.12. The Kier molecular flexibility index (Phi) is 5.64. The van der Waals surface area contributed by atoms with E-state index in [4.69, 9.17) is 9.15 Å². The number of rotatable bonds is 6. The first kappa shape index (κ1) is 19.2. The molecule has 0 saturated heterocycles. The average molecular weight is 366 g/mol. The molecule has 3 aromatic rings. The second kappa shape index (κ2) is 7.95. The van der Waals surface area contributed by atoms with Crippen molar-refractivity contribution in [2.45, 2.75) is 52.9 Å². The zero-order valence-electron chi connectivity index (χ0n) is 16.2. The zero-order chi connectivity index (χ0) is 19.4. The molecule has 0 atom stereocenters. The predicted molar refractivity (Wildman–Crippen MR) is 108 cm³/mol. The van der Waals surface area contributed by atoms with E-state index in [0.29, 0.717) is 39.5 Å². The Morgan fingerprint density at radius 3 is 2.48 bits per heavy atom. The van der Waals surface area contributed by atoms with Gasteiger partial charge in [-0.1, -0.05) is 45.7 Å². The average Bonchev–Trinajstić information content (AvgIpc) is 2.61. The SMILES string of the molecule is CC(C)(C)CCCCCC(=O)Oc1ccc2oc3ccccc3c(=O)c2c1. The molecule has 142 valence electrons. The number of hydrogen-bond donors (Lipinski definition) is 0. The van der Waals surface area contributed by atoms with Crippen LogP contribution >= 0.6 is 0 Å². The van der Waals surface area contributed by atoms with Crippen molar-refractivity contribution in [1.29, 1.82) is 0 Å². The number of benzene rings is 2. The lowest BCUT2D eigenvalue weighted by Crippen LogP contribution is -2.09. The lowest BCUT2D eigenvalue weighted by atomic mass is 9.89. The topological polar surface area (TPSA) is 56.5 Å². The van der Waals surface area contributed by atoms with E-state index < -0.39 is 0 Å². The summed E-state index contributed by atoms with van der Waals surface area (Å²) in [5.74, 6) is 0.111. The molecule has 0 aliphatic heterocycles. The zero-order valence-corrected chi connectivity index (χ0v) is 16.2. The molecule has 4 heteroatoms. The number of fused-ring (bicyclic) bond motifs is 2. The molecular weight excluding hydrogens is 340 g/mol. The molecule has 1 aromatic heterocycles. The van der Waals surface area contributed by atoms with Crippen LogP contribution in [-0.2, 0) is 4.79 Å². The number of carbonyl (C=O) groups is 1. The van der Waals surface area contributed by atoms with Crippen LogP contribution < -0.4 is 10.2 Å². The maximum absolute atomic E-state index is 12.7. The summed E-state index contributed by atoms with van der Waals surface area (Å²) < 4.78 is 11.2. The molecule has 27 heavy (non-hydrogen) atoms. The Hall–Kier alpha value is -2.62. The number of hydrogen-bond acceptors (Lipinski definition) is 4. The van der Waals surface area contributed by atoms with Crippen LogP contribution in [0.3, 0.4) is 0 Å². The monoisotopic (exact) mass is 366 g/mol. The Bertz CT molecular complexity index is 1010. The molecule has 0 aliphatic carbocycles. The second-order valence-corrected chi connectivity index (χ2v) is 8.18. The fourth-order valence-corrected chi connectivity index (χ4v) is 3.13. The molecule has 0 aliphatic rings. The summed E-state index contributed by atoms with van der Waals surface area (Å²) in [6.07, 6.45) is 4.47. The summed E-state index contributed by atoms with van der Waals surface area (Å²) in [4.78, 5) is 24.7. The number of para-hydroxylation sites is 1. The highest BCUT2D eigenvalue weighted by molar-refractivity contribution is 5.90. The van der Waals surface area contributed by atoms with Gasteiger partial charge in [-0.15, -0.1) is 0 Å². The first-order valence-corrected chi connectivity index (χ1v) is 9.50. The summed E-state index contributed by atoms with van der Waals surface area (Å²) in [7, 11) is 0. The molecule has 0 radical (unpaired) electrons. The van der Waals surface area contributed by atoms with Crippen LogP contribution in [0.15, 0.2) is 51.7 Å². The molecule has 0 saturated carbocycles. The van der Waals surface area contributed by atoms with Gasteiger partial charge in [-0.25, -0.2) is 0 Å². The molecule has 3 rings (SSSR count). The van der Waals surface area contributed by atoms with Crippen LogP contribution in [0.1, 0.15) is 52.9 Å². The third-order valence-electron chi connectivity index (χ3n) is 4.59. The van der Waals surface area contributed by atoms with Crippen molar-refractivity contribution in [3.63, 3.8) is 0 Å². The van der Waals surface area contributed by atoms with Gasteiger partial charge >= 0.3 is 5.97 Å². The highest BCUT2D eigenvalue weighted by atomic mass is 16.5. The molecule has 4 nitrogen and oxygen atoms in total. The molecule has 0 N–H and O–H groups in total. The van der Waals surface area contributed by atoms with E-state index in [-0.39, 0.29) is 11.4 Å². The molecular formula is C23H26O4. The van der Waals surface area contributed by atoms with Crippen LogP contribution in [0.25, 0.3) is 21.9 Å². The molecule has 0 bridgehead atoms. The summed E-state index contributed by atoms with van der Waals surface area (Å²) >= 11 is 0. The first-order valence-electron chi connectivity index (χ1n) is 9.50. The van der Waals surface area contributed by atoms with Crippen molar-refractivity contribution in [3.8, 4) is 5.75 Å². The quantitative estimate of drug-likeness (QED) is 0.238. The fourth-order valence-electron chi connectivity index (χ4n) is 3.13. The van der Waals surface area contributed by atoms with E-state index in [1.165, 1.54) is 0 Å². The van der Waals surface area contributed by atoms with Crippen molar-refractivity contribution in [3.05, 3.63) is 52.7 Å². The number of unbranched alkanes of at least 4 members (excludes halogenated alkanes) is 2. The van der Waals surface area contributed by atoms with Gasteiger partial charge in [0.25, 0.3) is 0 Å². The van der Waals surface area contributed by atoms with Crippen LogP contribution in [0, 0.1) is 5.41 Å². The van der Waals surface area contributed by atoms with E-state index in [0.717, 1.165) is 25.7 Å². The first-order chi connectivity index (χ1) is 12.8. The summed E-state index contributed by atoms with van der Waals surface area (Å²) in [5.41, 5.74) is 1.25. The molecule has 1 heterocycles. The molecule has 0 fully saturated rings. The molecule has 0 amide bonds. The lowest BCUT2D eigenvalue weighted by molar-refractivity contribution is -0.134. The minimum atomic E-state index is -0.268. The van der Waals surface area contributed by atoms with Crippen LogP contribution in [-0.4, -0.2) is 5.97 Å². The van der Waals surface area contributed by atoms with Gasteiger partial charge in [0.2, 0.25) is 5.43 Å². The van der Waals surface area contributed by atoms with Gasteiger partial charge in [-0.05, 0) is 48.6 Å². The largest absolute Gasteiger partial charge is 0.456 e. The fraction of sp³-hybridized carbons (Fsp3) is 0.391. The van der Waals surface area contributed by atoms with Crippen LogP contribution in [0.5, 0.6) is 5.75 Å². The maximum atomic E-state index is 12.7. The van der Waals surface area contributed by atoms with Crippen LogP contribution in [0.2, 0.25) is 0 Å². The van der Waals surface area contributed by atoms with Gasteiger partial charge in [0, 0.05) is 6.42 Å². The maximum Gasteiger partial charge on any atom is 0.311 e. The molecule has 2 aromatic carbocycles. The third-order valence-corrected chi connectivity index (χ3v) is 4.59. The van der Waals surface area contributed by atoms with Crippen molar-refractivity contribution in [2.75, 3.05) is 0 Å². The smallest absolute Gasteiger partial charge is 0.311 e. The van der Waals surface area contributed by atoms with Crippen molar-refractivity contribution in [2.24, 2.45) is 5.41 Å². The lowest BCUT2D eigenvalue weighted by Gasteiger charge is -2.17. The Balaban J connectivity index is 1.65. The summed E-state index contributed by atoms with van der Waals surface area (Å²) in [6.45, 7) is 6.67. The normalized spacial score (nSPS) is 11.8. The highest BCUT2D eigenvalue weighted by Crippen LogP contribution is 2.24. The van der Waals surface area contributed by atoms with Crippen LogP contribution in [0.4, 0.5) is 0 Å². The number of carbonyl (C=O) groups excluding carboxylic acids is 1. The van der Waals surface area contributed by atoms with Gasteiger partial charge in [-0.3, -0.25) is 9.59 Å². The predicted octanol–water partition coefficient (Wildman–Crippen LogP) is 5.85. The molecule has 0 spiro atoms. The number of ether oxygens (including phenoxy) is 1. The standard InChI is InChI=1S/C23H26O4/c1-23(2,3)14-8-4-5-11-21(24)26-16-12-13-20-18(15-16)22(25)17-9-6-7-10-19(17)27-20/h6-7,9-10,12-13,15H,4-5,8,11,14H2,1-3H3. The minimum absolute atomic E-state index is 0.119. The minimum Gasteiger partial charge on any atom is -0.456 e. The van der Waals surface area contributed by atoms with E-state index >= 15 is 0 Å². The van der Waals surface area contributed by atoms with Gasteiger partial charge < -0.3 is 9.15 Å². The summed E-state index contributed by atoms with van der Waals surface area (Å²) in [5, 5.41) is 0.941. The Labute approximate surface area is 159 Å². The third kappa shape index (κ3) is 4.97. The van der Waals surface area contributed by atoms with Gasteiger partial charge in [0.15, 0.2) is 0 Å². The van der Waals surface area contributed by atoms with Crippen molar-refractivity contribution >= 4 is 27.9 Å². The summed E-state index contributed by atoms with van der Waals surface area (Å²) in [6, 6.07) is 12.1. The van der Waals surface area contributed by atoms with Gasteiger partial charge in [-0.2, -0.15) is 0 Å².